The molecule has 2 atom stereocenters. The number of benzene rings is 1. The molecule has 1 aliphatic heterocycles. The van der Waals surface area contributed by atoms with Gasteiger partial charge in [0.1, 0.15) is 0 Å². The number of hydrogen-bond donors (Lipinski definition) is 1. The first-order chi connectivity index (χ1) is 11.6. The smallest absolute Gasteiger partial charge is 0.219 e. The summed E-state index contributed by atoms with van der Waals surface area (Å²) in [4.78, 5) is 14.1. The summed E-state index contributed by atoms with van der Waals surface area (Å²) in [5.41, 5.74) is 3.66. The molecule has 1 saturated heterocycles. The monoisotopic (exact) mass is 360 g/mol. The summed E-state index contributed by atoms with van der Waals surface area (Å²) in [7, 11) is 1.93. The minimum Gasteiger partial charge on any atom is -0.339 e. The summed E-state index contributed by atoms with van der Waals surface area (Å²) in [6.07, 6.45) is 5.00. The molecular formula is C19H25ClN4O. The molecular weight excluding hydrogens is 336 g/mol. The van der Waals surface area contributed by atoms with Crippen LogP contribution in [0.1, 0.15) is 24.8 Å². The Labute approximate surface area is 154 Å². The van der Waals surface area contributed by atoms with Gasteiger partial charge in [-0.05, 0) is 17.5 Å². The molecule has 1 aliphatic carbocycles. The van der Waals surface area contributed by atoms with Crippen molar-refractivity contribution in [1.29, 1.82) is 0 Å². The molecule has 2 aromatic rings. The third-order valence-corrected chi connectivity index (χ3v) is 5.26. The first-order valence-corrected chi connectivity index (χ1v) is 8.68. The zero-order chi connectivity index (χ0) is 16.7. The van der Waals surface area contributed by atoms with E-state index in [4.69, 9.17) is 0 Å². The molecule has 25 heavy (non-hydrogen) atoms. The Morgan fingerprint density at radius 3 is 2.52 bits per heavy atom. The summed E-state index contributed by atoms with van der Waals surface area (Å²) in [6, 6.07) is 9.12. The van der Waals surface area contributed by atoms with E-state index in [0.29, 0.717) is 17.9 Å². The highest BCUT2D eigenvalue weighted by atomic mass is 35.5. The highest BCUT2D eigenvalue weighted by Crippen LogP contribution is 2.45. The fourth-order valence-corrected chi connectivity index (χ4v) is 3.63. The van der Waals surface area contributed by atoms with Crippen LogP contribution >= 0.6 is 12.4 Å². The number of aromatic nitrogens is 2. The number of nitrogens with zero attached hydrogens (tertiary/aromatic N) is 3. The summed E-state index contributed by atoms with van der Waals surface area (Å²) < 4.78 is 1.82. The van der Waals surface area contributed by atoms with Gasteiger partial charge in [0.15, 0.2) is 0 Å². The average molecular weight is 361 g/mol. The minimum atomic E-state index is 0. The zero-order valence-corrected chi connectivity index (χ0v) is 15.5. The van der Waals surface area contributed by atoms with Crippen LogP contribution in [-0.4, -0.2) is 46.3 Å². The SMILES string of the molecule is CC(=O)N(CC1CNC1)C1CC1c1ccc(-c2cnn(C)c2)cc1.Cl. The van der Waals surface area contributed by atoms with E-state index in [1.807, 2.05) is 24.1 Å². The standard InChI is InChI=1S/C19H24N4O.ClH/c1-13(24)23(11-14-8-20-9-14)19-7-18(19)16-5-3-15(4-6-16)17-10-21-22(2)12-17;/h3-6,10,12,14,18-20H,7-9,11H2,1-2H3;1H. The van der Waals surface area contributed by atoms with Gasteiger partial charge in [-0.2, -0.15) is 5.10 Å². The maximum Gasteiger partial charge on any atom is 0.219 e. The van der Waals surface area contributed by atoms with Crippen molar-refractivity contribution in [2.45, 2.75) is 25.3 Å². The predicted octanol–water partition coefficient (Wildman–Crippen LogP) is 2.43. The lowest BCUT2D eigenvalue weighted by atomic mass is 10.0. The molecule has 2 aliphatic rings. The van der Waals surface area contributed by atoms with Crippen molar-refractivity contribution < 1.29 is 4.79 Å². The Kier molecular flexibility index (Phi) is 5.16. The molecule has 5 nitrogen and oxygen atoms in total. The number of rotatable bonds is 5. The first kappa shape index (κ1) is 18.0. The summed E-state index contributed by atoms with van der Waals surface area (Å²) >= 11 is 0. The van der Waals surface area contributed by atoms with Crippen LogP contribution in [0.2, 0.25) is 0 Å². The quantitative estimate of drug-likeness (QED) is 0.891. The van der Waals surface area contributed by atoms with Gasteiger partial charge in [0, 0.05) is 63.2 Å². The van der Waals surface area contributed by atoms with Gasteiger partial charge in [0.2, 0.25) is 5.91 Å². The molecule has 2 unspecified atom stereocenters. The predicted molar refractivity (Wildman–Crippen MR) is 101 cm³/mol. The molecule has 1 aromatic carbocycles. The molecule has 1 saturated carbocycles. The molecule has 1 amide bonds. The largest absolute Gasteiger partial charge is 0.339 e. The molecule has 0 bridgehead atoms. The maximum atomic E-state index is 12.0. The Bertz CT molecular complexity index is 738. The van der Waals surface area contributed by atoms with E-state index < -0.39 is 0 Å². The van der Waals surface area contributed by atoms with Crippen molar-refractivity contribution >= 4 is 18.3 Å². The van der Waals surface area contributed by atoms with Gasteiger partial charge in [0.25, 0.3) is 0 Å². The van der Waals surface area contributed by atoms with Crippen LogP contribution in [-0.2, 0) is 11.8 Å². The molecule has 0 spiro atoms. The van der Waals surface area contributed by atoms with Crippen LogP contribution in [0.5, 0.6) is 0 Å². The second-order valence-corrected chi connectivity index (χ2v) is 7.13. The Hall–Kier alpha value is -1.85. The number of hydrogen-bond acceptors (Lipinski definition) is 3. The van der Waals surface area contributed by atoms with E-state index in [9.17, 15) is 4.79 Å². The molecule has 2 fully saturated rings. The molecule has 0 radical (unpaired) electrons. The molecule has 6 heteroatoms. The van der Waals surface area contributed by atoms with Gasteiger partial charge in [0.05, 0.1) is 6.20 Å². The van der Waals surface area contributed by atoms with Gasteiger partial charge in [-0.1, -0.05) is 24.3 Å². The maximum absolute atomic E-state index is 12.0. The van der Waals surface area contributed by atoms with Crippen molar-refractivity contribution in [2.75, 3.05) is 19.6 Å². The van der Waals surface area contributed by atoms with Crippen LogP contribution in [0.3, 0.4) is 0 Å². The van der Waals surface area contributed by atoms with Crippen molar-refractivity contribution in [3.05, 3.63) is 42.2 Å². The Morgan fingerprint density at radius 2 is 2.00 bits per heavy atom. The number of nitrogens with one attached hydrogen (secondary N) is 1. The molecule has 1 aromatic heterocycles. The van der Waals surface area contributed by atoms with Crippen LogP contribution in [0.4, 0.5) is 0 Å². The topological polar surface area (TPSA) is 50.2 Å². The van der Waals surface area contributed by atoms with Gasteiger partial charge >= 0.3 is 0 Å². The van der Waals surface area contributed by atoms with Gasteiger partial charge in [-0.15, -0.1) is 12.4 Å². The lowest BCUT2D eigenvalue weighted by molar-refractivity contribution is -0.130. The Balaban J connectivity index is 0.00000182. The highest BCUT2D eigenvalue weighted by Gasteiger charge is 2.44. The van der Waals surface area contributed by atoms with E-state index in [-0.39, 0.29) is 18.3 Å². The number of halogens is 1. The third kappa shape index (κ3) is 3.72. The van der Waals surface area contributed by atoms with E-state index >= 15 is 0 Å². The van der Waals surface area contributed by atoms with Crippen LogP contribution in [0, 0.1) is 5.92 Å². The third-order valence-electron chi connectivity index (χ3n) is 5.26. The lowest BCUT2D eigenvalue weighted by Crippen LogP contribution is -2.49. The van der Waals surface area contributed by atoms with E-state index in [2.05, 4.69) is 39.6 Å². The minimum absolute atomic E-state index is 0. The normalized spacial score (nSPS) is 22.0. The fourth-order valence-electron chi connectivity index (χ4n) is 3.63. The van der Waals surface area contributed by atoms with Crippen LogP contribution in [0.25, 0.3) is 11.1 Å². The molecule has 4 rings (SSSR count). The van der Waals surface area contributed by atoms with E-state index in [1.54, 1.807) is 6.92 Å². The molecule has 1 N–H and O–H groups in total. The van der Waals surface area contributed by atoms with Crippen molar-refractivity contribution in [3.8, 4) is 11.1 Å². The van der Waals surface area contributed by atoms with Crippen LogP contribution < -0.4 is 5.32 Å². The highest BCUT2D eigenvalue weighted by molar-refractivity contribution is 5.85. The summed E-state index contributed by atoms with van der Waals surface area (Å²) in [6.45, 7) is 4.69. The van der Waals surface area contributed by atoms with Crippen molar-refractivity contribution in [1.82, 2.24) is 20.0 Å². The van der Waals surface area contributed by atoms with Gasteiger partial charge in [-0.3, -0.25) is 9.48 Å². The fraction of sp³-hybridized carbons (Fsp3) is 0.474. The first-order valence-electron chi connectivity index (χ1n) is 8.68. The van der Waals surface area contributed by atoms with Gasteiger partial charge in [-0.25, -0.2) is 0 Å². The second-order valence-electron chi connectivity index (χ2n) is 7.13. The second kappa shape index (κ2) is 7.18. The number of carbonyl (C=O) groups excluding carboxylic acids is 1. The van der Waals surface area contributed by atoms with Crippen LogP contribution in [0.15, 0.2) is 36.7 Å². The lowest BCUT2D eigenvalue weighted by Gasteiger charge is -2.33. The number of amides is 1. The van der Waals surface area contributed by atoms with Gasteiger partial charge < -0.3 is 10.2 Å². The average Bonchev–Trinajstić information content (AvgIpc) is 3.19. The van der Waals surface area contributed by atoms with Crippen molar-refractivity contribution in [2.24, 2.45) is 13.0 Å². The van der Waals surface area contributed by atoms with E-state index in [0.717, 1.165) is 31.6 Å². The molecule has 2 heterocycles. The van der Waals surface area contributed by atoms with Crippen molar-refractivity contribution in [3.63, 3.8) is 0 Å². The summed E-state index contributed by atoms with van der Waals surface area (Å²) in [5.74, 6) is 1.33. The van der Waals surface area contributed by atoms with E-state index in [1.165, 1.54) is 11.1 Å². The summed E-state index contributed by atoms with van der Waals surface area (Å²) in [5, 5.41) is 7.51. The number of carbonyl (C=O) groups is 1. The number of aryl methyl sites for hydroxylation is 1. The molecule has 134 valence electrons. The zero-order valence-electron chi connectivity index (χ0n) is 14.7. The Morgan fingerprint density at radius 1 is 1.28 bits per heavy atom.